The van der Waals surface area contributed by atoms with Gasteiger partial charge in [-0.25, -0.2) is 0 Å². The van der Waals surface area contributed by atoms with Crippen LogP contribution in [0.4, 0.5) is 0 Å². The second kappa shape index (κ2) is 3.28. The molecule has 2 spiro atoms. The Labute approximate surface area is 142 Å². The fourth-order valence-electron chi connectivity index (χ4n) is 10.6. The van der Waals surface area contributed by atoms with Crippen molar-refractivity contribution < 1.29 is 15.3 Å². The zero-order chi connectivity index (χ0) is 16.4. The molecule has 9 aliphatic rings. The van der Waals surface area contributed by atoms with Crippen molar-refractivity contribution in [1.29, 1.82) is 0 Å². The molecule has 3 aliphatic heterocycles. The molecule has 0 radical (unpaired) electrons. The summed E-state index contributed by atoms with van der Waals surface area (Å²) in [5.74, 6) is 0.946. The predicted molar refractivity (Wildman–Crippen MR) is 86.6 cm³/mol. The van der Waals surface area contributed by atoms with Crippen LogP contribution in [0.25, 0.3) is 0 Å². The van der Waals surface area contributed by atoms with Gasteiger partial charge in [-0.05, 0) is 48.0 Å². The average Bonchev–Trinajstić information content (AvgIpc) is 2.88. The van der Waals surface area contributed by atoms with Crippen LogP contribution < -0.4 is 0 Å². The third kappa shape index (κ3) is 0.903. The molecule has 0 amide bonds. The molecule has 6 saturated carbocycles. The Balaban J connectivity index is 1.57. The van der Waals surface area contributed by atoms with Gasteiger partial charge in [-0.2, -0.15) is 0 Å². The fourth-order valence-corrected chi connectivity index (χ4v) is 10.6. The van der Waals surface area contributed by atoms with Crippen LogP contribution in [-0.4, -0.2) is 50.7 Å². The van der Waals surface area contributed by atoms with Crippen molar-refractivity contribution in [3.8, 4) is 0 Å². The summed E-state index contributed by atoms with van der Waals surface area (Å²) >= 11 is 0. The summed E-state index contributed by atoms with van der Waals surface area (Å²) in [4.78, 5) is 2.45. The molecule has 6 aliphatic carbocycles. The van der Waals surface area contributed by atoms with E-state index < -0.39 is 11.8 Å². The lowest BCUT2D eigenvalue weighted by molar-refractivity contribution is -0.272. The van der Waals surface area contributed by atoms with Crippen LogP contribution in [0.1, 0.15) is 39.0 Å². The first-order valence-electron chi connectivity index (χ1n) is 9.86. The van der Waals surface area contributed by atoms with Gasteiger partial charge >= 0.3 is 0 Å². The summed E-state index contributed by atoms with van der Waals surface area (Å²) in [6.07, 6.45) is 4.26. The molecule has 24 heavy (non-hydrogen) atoms. The maximum atomic E-state index is 11.9. The number of piperidine rings is 2. The van der Waals surface area contributed by atoms with Gasteiger partial charge in [-0.15, -0.1) is 0 Å². The van der Waals surface area contributed by atoms with Gasteiger partial charge in [0.25, 0.3) is 0 Å². The molecule has 9 bridgehead atoms. The minimum absolute atomic E-state index is 0.0266. The topological polar surface area (TPSA) is 63.9 Å². The molecule has 4 unspecified atom stereocenters. The molecule has 4 nitrogen and oxygen atoms in total. The van der Waals surface area contributed by atoms with E-state index >= 15 is 0 Å². The molecule has 9 rings (SSSR count). The Morgan fingerprint density at radius 3 is 2.79 bits per heavy atom. The standard InChI is InChI=1S/C20H27NO3/c1-9-10-6-11-14-18-5-3-4-17(2)8-21(14)20(24,16(17)18)7-19(11,15(9)23)13(18)12(10)22/h10-16,22-24H,1,3-8H2,2H3/t10-,11+,12+,13+,14+,15-,16?,17+,18?,19?,20+/m1/s1. The first kappa shape index (κ1) is 13.7. The van der Waals surface area contributed by atoms with Gasteiger partial charge in [0.15, 0.2) is 0 Å². The Hall–Kier alpha value is -0.420. The first-order valence-corrected chi connectivity index (χ1v) is 9.86. The lowest BCUT2D eigenvalue weighted by atomic mass is 9.39. The van der Waals surface area contributed by atoms with E-state index in [4.69, 9.17) is 0 Å². The molecule has 12 atom stereocenters. The molecule has 0 aromatic heterocycles. The molecule has 3 saturated heterocycles. The molecular formula is C20H27NO3. The SMILES string of the molecule is C=C1[C@H]2C[C@H]3[C@@H]4N5C[C@]6(C)CCCC47C6[C@@]5(O)CC3([C@@H]1O)[C@H]7[C@H]2O. The minimum atomic E-state index is -0.752. The van der Waals surface area contributed by atoms with Crippen molar-refractivity contribution in [3.05, 3.63) is 12.2 Å². The molecule has 4 heteroatoms. The van der Waals surface area contributed by atoms with E-state index in [1.54, 1.807) is 0 Å². The van der Waals surface area contributed by atoms with Gasteiger partial charge in [0, 0.05) is 35.8 Å². The van der Waals surface area contributed by atoms with Gasteiger partial charge in [0.05, 0.1) is 12.2 Å². The van der Waals surface area contributed by atoms with Gasteiger partial charge in [0.2, 0.25) is 0 Å². The zero-order valence-corrected chi connectivity index (χ0v) is 14.3. The molecule has 0 aromatic rings. The van der Waals surface area contributed by atoms with E-state index in [1.165, 1.54) is 12.8 Å². The van der Waals surface area contributed by atoms with Crippen LogP contribution in [0, 0.1) is 39.9 Å². The number of hydrogen-bond acceptors (Lipinski definition) is 4. The van der Waals surface area contributed by atoms with E-state index in [0.717, 1.165) is 25.0 Å². The Morgan fingerprint density at radius 2 is 2.00 bits per heavy atom. The minimum Gasteiger partial charge on any atom is -0.392 e. The summed E-state index contributed by atoms with van der Waals surface area (Å²) in [6, 6.07) is 0.377. The second-order valence-electron chi connectivity index (χ2n) is 10.7. The molecule has 3 heterocycles. The number of fused-ring (bicyclic) bond motifs is 1. The van der Waals surface area contributed by atoms with Crippen LogP contribution in [0.3, 0.4) is 0 Å². The first-order chi connectivity index (χ1) is 11.3. The Kier molecular flexibility index (Phi) is 1.88. The largest absolute Gasteiger partial charge is 0.392 e. The maximum absolute atomic E-state index is 11.9. The van der Waals surface area contributed by atoms with Crippen LogP contribution in [0.2, 0.25) is 0 Å². The molecular weight excluding hydrogens is 302 g/mol. The number of rotatable bonds is 0. The second-order valence-corrected chi connectivity index (χ2v) is 10.7. The summed E-state index contributed by atoms with van der Waals surface area (Å²) in [7, 11) is 0. The summed E-state index contributed by atoms with van der Waals surface area (Å²) in [6.45, 7) is 7.56. The predicted octanol–water partition coefficient (Wildman–Crippen LogP) is 1.11. The molecule has 0 aromatic carbocycles. The number of aliphatic hydroxyl groups is 3. The summed E-state index contributed by atoms with van der Waals surface area (Å²) in [5.41, 5.74) is -0.0153. The third-order valence-corrected chi connectivity index (χ3v) is 10.4. The van der Waals surface area contributed by atoms with Crippen molar-refractivity contribution in [1.82, 2.24) is 4.90 Å². The lowest BCUT2D eigenvalue weighted by Gasteiger charge is -2.67. The Bertz CT molecular complexity index is 724. The smallest absolute Gasteiger partial charge is 0.123 e. The monoisotopic (exact) mass is 329 g/mol. The van der Waals surface area contributed by atoms with Gasteiger partial charge in [-0.1, -0.05) is 19.9 Å². The molecule has 9 fully saturated rings. The lowest BCUT2D eigenvalue weighted by Crippen LogP contribution is -2.71. The van der Waals surface area contributed by atoms with Gasteiger partial charge in [-0.3, -0.25) is 4.90 Å². The average molecular weight is 329 g/mol. The van der Waals surface area contributed by atoms with E-state index in [1.807, 2.05) is 0 Å². The van der Waals surface area contributed by atoms with E-state index in [-0.39, 0.29) is 40.1 Å². The van der Waals surface area contributed by atoms with E-state index in [2.05, 4.69) is 18.4 Å². The third-order valence-electron chi connectivity index (χ3n) is 10.4. The molecule has 130 valence electrons. The Morgan fingerprint density at radius 1 is 1.21 bits per heavy atom. The summed E-state index contributed by atoms with van der Waals surface area (Å²) in [5, 5.41) is 34.4. The van der Waals surface area contributed by atoms with E-state index in [0.29, 0.717) is 18.4 Å². The highest BCUT2D eigenvalue weighted by Gasteiger charge is 2.93. The van der Waals surface area contributed by atoms with Crippen LogP contribution in [0.15, 0.2) is 12.2 Å². The van der Waals surface area contributed by atoms with Crippen LogP contribution in [0.5, 0.6) is 0 Å². The van der Waals surface area contributed by atoms with Crippen molar-refractivity contribution in [2.75, 3.05) is 6.54 Å². The highest BCUT2D eigenvalue weighted by Crippen LogP contribution is 2.88. The van der Waals surface area contributed by atoms with Gasteiger partial charge < -0.3 is 15.3 Å². The quantitative estimate of drug-likeness (QED) is 0.583. The van der Waals surface area contributed by atoms with Gasteiger partial charge in [0.1, 0.15) is 5.72 Å². The summed E-state index contributed by atoms with van der Waals surface area (Å²) < 4.78 is 0. The number of hydrogen-bond donors (Lipinski definition) is 3. The number of aliphatic hydroxyl groups excluding tert-OH is 2. The van der Waals surface area contributed by atoms with Crippen LogP contribution in [-0.2, 0) is 0 Å². The molecule has 3 N–H and O–H groups in total. The zero-order valence-electron chi connectivity index (χ0n) is 14.3. The maximum Gasteiger partial charge on any atom is 0.123 e. The highest BCUT2D eigenvalue weighted by atomic mass is 16.3. The van der Waals surface area contributed by atoms with Crippen molar-refractivity contribution >= 4 is 0 Å². The highest BCUT2D eigenvalue weighted by molar-refractivity contribution is 5.45. The van der Waals surface area contributed by atoms with Crippen molar-refractivity contribution in [2.45, 2.75) is 63.0 Å². The van der Waals surface area contributed by atoms with E-state index in [9.17, 15) is 15.3 Å². The van der Waals surface area contributed by atoms with Crippen molar-refractivity contribution in [3.63, 3.8) is 0 Å². The number of nitrogens with zero attached hydrogens (tertiary/aromatic N) is 1. The fraction of sp³-hybridized carbons (Fsp3) is 0.900. The van der Waals surface area contributed by atoms with Crippen LogP contribution >= 0.6 is 0 Å². The normalized spacial score (nSPS) is 76.1. The van der Waals surface area contributed by atoms with Crippen molar-refractivity contribution in [2.24, 2.45) is 39.9 Å².